The zero-order valence-corrected chi connectivity index (χ0v) is 23.4. The number of aromatic nitrogens is 1. The molecule has 0 bridgehead atoms. The van der Waals surface area contributed by atoms with Gasteiger partial charge in [0.1, 0.15) is 11.4 Å². The van der Waals surface area contributed by atoms with Crippen LogP contribution in [0.25, 0.3) is 11.1 Å². The number of amides is 1. The van der Waals surface area contributed by atoms with E-state index in [0.29, 0.717) is 19.1 Å². The molecule has 4 rings (SSSR count). The fourth-order valence-electron chi connectivity index (χ4n) is 4.63. The minimum Gasteiger partial charge on any atom is -0.444 e. The average molecular weight is 530 g/mol. The molecule has 10 heteroatoms. The maximum Gasteiger partial charge on any atom is 0.410 e. The van der Waals surface area contributed by atoms with Crippen molar-refractivity contribution < 1.29 is 17.9 Å². The maximum atomic E-state index is 13.4. The highest BCUT2D eigenvalue weighted by atomic mass is 32.2. The Morgan fingerprint density at radius 2 is 1.59 bits per heavy atom. The minimum atomic E-state index is -3.69. The van der Waals surface area contributed by atoms with Crippen LogP contribution in [0.4, 0.5) is 10.6 Å². The molecule has 0 unspecified atom stereocenters. The monoisotopic (exact) mass is 529 g/mol. The van der Waals surface area contributed by atoms with E-state index in [1.165, 1.54) is 4.31 Å². The number of anilines is 1. The molecule has 1 aromatic carbocycles. The summed E-state index contributed by atoms with van der Waals surface area (Å²) in [5.41, 5.74) is 1.09. The molecule has 2 saturated heterocycles. The van der Waals surface area contributed by atoms with Gasteiger partial charge in [0.15, 0.2) is 0 Å². The topological polar surface area (TPSA) is 86.3 Å². The molecular weight excluding hydrogens is 490 g/mol. The highest BCUT2D eigenvalue weighted by Gasteiger charge is 2.32. The third-order valence-electron chi connectivity index (χ3n) is 6.81. The lowest BCUT2D eigenvalue weighted by molar-refractivity contribution is 0.0192. The van der Waals surface area contributed by atoms with Crippen molar-refractivity contribution in [3.05, 3.63) is 42.6 Å². The lowest BCUT2D eigenvalue weighted by atomic mass is 10.1. The predicted molar refractivity (Wildman–Crippen MR) is 145 cm³/mol. The largest absolute Gasteiger partial charge is 0.444 e. The Morgan fingerprint density at radius 3 is 2.16 bits per heavy atom. The van der Waals surface area contributed by atoms with Gasteiger partial charge < -0.3 is 14.5 Å². The molecule has 9 nitrogen and oxygen atoms in total. The molecule has 3 heterocycles. The maximum absolute atomic E-state index is 13.4. The number of nitrogens with zero attached hydrogens (tertiary/aromatic N) is 5. The summed E-state index contributed by atoms with van der Waals surface area (Å²) in [4.78, 5) is 23.6. The van der Waals surface area contributed by atoms with E-state index in [9.17, 15) is 13.2 Å². The van der Waals surface area contributed by atoms with Crippen LogP contribution in [0.1, 0.15) is 34.6 Å². The molecule has 202 valence electrons. The van der Waals surface area contributed by atoms with Crippen LogP contribution in [0.5, 0.6) is 0 Å². The molecule has 2 aliphatic heterocycles. The third kappa shape index (κ3) is 6.61. The lowest BCUT2D eigenvalue weighted by Gasteiger charge is -2.37. The fraction of sp³-hybridized carbons (Fsp3) is 0.556. The number of piperazine rings is 2. The lowest BCUT2D eigenvalue weighted by Crippen LogP contribution is -2.51. The number of sulfonamides is 1. The zero-order valence-electron chi connectivity index (χ0n) is 22.6. The Hall–Kier alpha value is -2.69. The van der Waals surface area contributed by atoms with Crippen LogP contribution in [0.3, 0.4) is 0 Å². The van der Waals surface area contributed by atoms with Crippen molar-refractivity contribution in [2.24, 2.45) is 0 Å². The number of ether oxygens (including phenoxy) is 1. The molecule has 2 fully saturated rings. The summed E-state index contributed by atoms with van der Waals surface area (Å²) in [6.45, 7) is 14.9. The van der Waals surface area contributed by atoms with Crippen LogP contribution in [0.2, 0.25) is 0 Å². The SMILES string of the molecule is CC(C)N1CCN(c2ccc(-c3cccc(S(=O)(=O)N4CCN(C(=O)OC(C)(C)C)CC4)c3)cn2)CC1. The second-order valence-electron chi connectivity index (χ2n) is 10.9. The van der Waals surface area contributed by atoms with Gasteiger partial charge in [0.05, 0.1) is 4.90 Å². The van der Waals surface area contributed by atoms with E-state index >= 15 is 0 Å². The Balaban J connectivity index is 1.41. The first-order valence-electron chi connectivity index (χ1n) is 13.0. The second kappa shape index (κ2) is 11.0. The molecule has 2 aliphatic rings. The fourth-order valence-corrected chi connectivity index (χ4v) is 6.10. The Labute approximate surface area is 221 Å². The summed E-state index contributed by atoms with van der Waals surface area (Å²) >= 11 is 0. The van der Waals surface area contributed by atoms with Crippen LogP contribution in [0.15, 0.2) is 47.5 Å². The van der Waals surface area contributed by atoms with Crippen LogP contribution in [0, 0.1) is 0 Å². The van der Waals surface area contributed by atoms with E-state index in [1.807, 2.05) is 45.2 Å². The van der Waals surface area contributed by atoms with Gasteiger partial charge >= 0.3 is 6.09 Å². The first kappa shape index (κ1) is 27.3. The van der Waals surface area contributed by atoms with E-state index in [4.69, 9.17) is 4.74 Å². The summed E-state index contributed by atoms with van der Waals surface area (Å²) < 4.78 is 33.6. The van der Waals surface area contributed by atoms with Crippen molar-refractivity contribution in [2.75, 3.05) is 57.3 Å². The predicted octanol–water partition coefficient (Wildman–Crippen LogP) is 3.52. The van der Waals surface area contributed by atoms with Crippen molar-refractivity contribution in [3.63, 3.8) is 0 Å². The number of hydrogen-bond acceptors (Lipinski definition) is 7. The summed E-state index contributed by atoms with van der Waals surface area (Å²) in [7, 11) is -3.69. The van der Waals surface area contributed by atoms with Gasteiger partial charge in [-0.15, -0.1) is 0 Å². The van der Waals surface area contributed by atoms with Crippen molar-refractivity contribution >= 4 is 21.9 Å². The molecule has 0 radical (unpaired) electrons. The molecule has 0 atom stereocenters. The van der Waals surface area contributed by atoms with Gasteiger partial charge in [-0.25, -0.2) is 18.2 Å². The first-order valence-corrected chi connectivity index (χ1v) is 14.4. The Morgan fingerprint density at radius 1 is 0.919 bits per heavy atom. The van der Waals surface area contributed by atoms with Crippen LogP contribution in [-0.2, 0) is 14.8 Å². The normalized spacial score (nSPS) is 18.3. The smallest absolute Gasteiger partial charge is 0.410 e. The summed E-state index contributed by atoms with van der Waals surface area (Å²) in [5, 5.41) is 0. The quantitative estimate of drug-likeness (QED) is 0.586. The number of benzene rings is 1. The summed E-state index contributed by atoms with van der Waals surface area (Å²) in [6, 6.07) is 11.5. The van der Waals surface area contributed by atoms with Crippen molar-refractivity contribution in [1.82, 2.24) is 19.1 Å². The molecule has 0 spiro atoms. The third-order valence-corrected chi connectivity index (χ3v) is 8.71. The Kier molecular flexibility index (Phi) is 8.11. The van der Waals surface area contributed by atoms with Gasteiger partial charge in [-0.3, -0.25) is 4.90 Å². The van der Waals surface area contributed by atoms with Crippen molar-refractivity contribution in [1.29, 1.82) is 0 Å². The van der Waals surface area contributed by atoms with E-state index < -0.39 is 21.7 Å². The summed E-state index contributed by atoms with van der Waals surface area (Å²) in [6.07, 6.45) is 1.40. The Bertz CT molecular complexity index is 1180. The molecule has 2 aromatic rings. The number of hydrogen-bond donors (Lipinski definition) is 0. The zero-order chi connectivity index (χ0) is 26.8. The highest BCUT2D eigenvalue weighted by molar-refractivity contribution is 7.89. The number of rotatable bonds is 5. The van der Waals surface area contributed by atoms with Crippen molar-refractivity contribution in [2.45, 2.75) is 51.2 Å². The highest BCUT2D eigenvalue weighted by Crippen LogP contribution is 2.26. The van der Waals surface area contributed by atoms with Crippen LogP contribution < -0.4 is 4.90 Å². The summed E-state index contributed by atoms with van der Waals surface area (Å²) in [5.74, 6) is 0.943. The van der Waals surface area contributed by atoms with Gasteiger partial charge in [0.2, 0.25) is 10.0 Å². The van der Waals surface area contributed by atoms with Crippen LogP contribution in [-0.4, -0.2) is 97.6 Å². The van der Waals surface area contributed by atoms with Crippen LogP contribution >= 0.6 is 0 Å². The molecule has 0 aliphatic carbocycles. The van der Waals surface area contributed by atoms with Gasteiger partial charge in [0, 0.05) is 70.2 Å². The van der Waals surface area contributed by atoms with Crippen molar-refractivity contribution in [3.8, 4) is 11.1 Å². The molecule has 0 saturated carbocycles. The van der Waals surface area contributed by atoms with E-state index in [-0.39, 0.29) is 18.0 Å². The molecular formula is C27H39N5O4S. The molecule has 37 heavy (non-hydrogen) atoms. The molecule has 0 N–H and O–H groups in total. The average Bonchev–Trinajstić information content (AvgIpc) is 2.88. The van der Waals surface area contributed by atoms with E-state index in [1.54, 1.807) is 23.1 Å². The van der Waals surface area contributed by atoms with E-state index in [0.717, 1.165) is 43.1 Å². The van der Waals surface area contributed by atoms with Gasteiger partial charge in [-0.1, -0.05) is 12.1 Å². The molecule has 1 aromatic heterocycles. The standard InChI is InChI=1S/C27H39N5O4S/c1-21(2)29-11-13-30(14-12-29)25-10-9-23(20-28-25)22-7-6-8-24(19-22)37(34,35)32-17-15-31(16-18-32)26(33)36-27(3,4)5/h6-10,19-21H,11-18H2,1-5H3. The molecule has 1 amide bonds. The number of carbonyl (C=O) groups excluding carboxylic acids is 1. The van der Waals surface area contributed by atoms with Gasteiger partial charge in [-0.2, -0.15) is 4.31 Å². The first-order chi connectivity index (χ1) is 17.4. The number of carbonyl (C=O) groups is 1. The van der Waals surface area contributed by atoms with E-state index in [2.05, 4.69) is 28.6 Å². The minimum absolute atomic E-state index is 0.228. The van der Waals surface area contributed by atoms with Gasteiger partial charge in [0.25, 0.3) is 0 Å². The van der Waals surface area contributed by atoms with Gasteiger partial charge in [-0.05, 0) is 64.4 Å². The number of pyridine rings is 1. The second-order valence-corrected chi connectivity index (χ2v) is 12.9.